The van der Waals surface area contributed by atoms with Gasteiger partial charge in [-0.3, -0.25) is 4.99 Å². The fourth-order valence-electron chi connectivity index (χ4n) is 3.22. The van der Waals surface area contributed by atoms with Crippen molar-refractivity contribution in [2.45, 2.75) is 25.3 Å². The van der Waals surface area contributed by atoms with E-state index >= 15 is 0 Å². The van der Waals surface area contributed by atoms with E-state index in [9.17, 15) is 0 Å². The van der Waals surface area contributed by atoms with E-state index in [4.69, 9.17) is 0 Å². The van der Waals surface area contributed by atoms with Gasteiger partial charge in [-0.1, -0.05) is 12.2 Å². The SMILES string of the molecule is C=CCN1CCCC2CC3N=CN=CC3C=C21. The van der Waals surface area contributed by atoms with Crippen molar-refractivity contribution in [3.05, 3.63) is 24.4 Å². The van der Waals surface area contributed by atoms with Crippen LogP contribution in [0.2, 0.25) is 0 Å². The molecule has 0 amide bonds. The van der Waals surface area contributed by atoms with Crippen molar-refractivity contribution >= 4 is 12.6 Å². The third-order valence-electron chi connectivity index (χ3n) is 4.03. The molecule has 3 heteroatoms. The molecule has 3 aliphatic rings. The molecular weight excluding hydrogens is 210 g/mol. The van der Waals surface area contributed by atoms with Crippen molar-refractivity contribution in [1.29, 1.82) is 0 Å². The Morgan fingerprint density at radius 1 is 1.53 bits per heavy atom. The van der Waals surface area contributed by atoms with Crippen LogP contribution >= 0.6 is 0 Å². The molecule has 3 rings (SSSR count). The first-order valence-corrected chi connectivity index (χ1v) is 6.51. The molecule has 90 valence electrons. The molecule has 0 aromatic rings. The number of likely N-dealkylation sites (tertiary alicyclic amines) is 1. The number of fused-ring (bicyclic) bond motifs is 2. The molecule has 3 nitrogen and oxygen atoms in total. The molecule has 0 aromatic carbocycles. The summed E-state index contributed by atoms with van der Waals surface area (Å²) in [6.45, 7) is 6.00. The molecule has 1 saturated heterocycles. The van der Waals surface area contributed by atoms with Crippen LogP contribution in [-0.2, 0) is 0 Å². The fraction of sp³-hybridized carbons (Fsp3) is 0.571. The molecule has 0 bridgehead atoms. The fourth-order valence-corrected chi connectivity index (χ4v) is 3.22. The van der Waals surface area contributed by atoms with Crippen LogP contribution in [0.15, 0.2) is 34.4 Å². The molecule has 2 heterocycles. The smallest absolute Gasteiger partial charge is 0.109 e. The van der Waals surface area contributed by atoms with Crippen LogP contribution in [-0.4, -0.2) is 36.6 Å². The maximum Gasteiger partial charge on any atom is 0.109 e. The van der Waals surface area contributed by atoms with Crippen LogP contribution < -0.4 is 0 Å². The summed E-state index contributed by atoms with van der Waals surface area (Å²) in [5, 5.41) is 0. The highest BCUT2D eigenvalue weighted by atomic mass is 15.1. The van der Waals surface area contributed by atoms with Crippen molar-refractivity contribution in [3.63, 3.8) is 0 Å². The Morgan fingerprint density at radius 3 is 3.35 bits per heavy atom. The number of nitrogens with zero attached hydrogens (tertiary/aromatic N) is 3. The Hall–Kier alpha value is -1.38. The Balaban J connectivity index is 1.87. The zero-order valence-electron chi connectivity index (χ0n) is 10.1. The second-order valence-corrected chi connectivity index (χ2v) is 5.11. The van der Waals surface area contributed by atoms with E-state index in [2.05, 4.69) is 27.5 Å². The van der Waals surface area contributed by atoms with Gasteiger partial charge in [0.15, 0.2) is 0 Å². The molecule has 0 N–H and O–H groups in total. The average Bonchev–Trinajstić information content (AvgIpc) is 2.37. The predicted molar refractivity (Wildman–Crippen MR) is 71.5 cm³/mol. The molecule has 1 aliphatic carbocycles. The van der Waals surface area contributed by atoms with Crippen molar-refractivity contribution in [3.8, 4) is 0 Å². The van der Waals surface area contributed by atoms with E-state index in [1.165, 1.54) is 31.5 Å². The maximum atomic E-state index is 4.51. The largest absolute Gasteiger partial charge is 0.371 e. The third kappa shape index (κ3) is 1.94. The number of rotatable bonds is 2. The molecule has 1 fully saturated rings. The maximum absolute atomic E-state index is 4.51. The first-order chi connectivity index (χ1) is 8.38. The summed E-state index contributed by atoms with van der Waals surface area (Å²) in [7, 11) is 0. The van der Waals surface area contributed by atoms with Gasteiger partial charge in [-0.25, -0.2) is 4.99 Å². The molecule has 0 aromatic heterocycles. The average molecular weight is 229 g/mol. The number of allylic oxidation sites excluding steroid dienone is 1. The van der Waals surface area contributed by atoms with Crippen molar-refractivity contribution in [2.24, 2.45) is 21.8 Å². The van der Waals surface area contributed by atoms with Gasteiger partial charge in [0.25, 0.3) is 0 Å². The van der Waals surface area contributed by atoms with E-state index < -0.39 is 0 Å². The standard InChI is InChI=1S/C14H19N3/c1-2-5-17-6-3-4-11-7-13-12(8-14(11)17)9-15-10-16-13/h2,8-13H,1,3-7H2. The first-order valence-electron chi connectivity index (χ1n) is 6.51. The van der Waals surface area contributed by atoms with Crippen LogP contribution in [0, 0.1) is 11.8 Å². The van der Waals surface area contributed by atoms with Gasteiger partial charge in [0, 0.05) is 36.8 Å². The van der Waals surface area contributed by atoms with Crippen LogP contribution in [0.1, 0.15) is 19.3 Å². The summed E-state index contributed by atoms with van der Waals surface area (Å²) in [4.78, 5) is 11.2. The van der Waals surface area contributed by atoms with Crippen LogP contribution in [0.5, 0.6) is 0 Å². The quantitative estimate of drug-likeness (QED) is 0.668. The summed E-state index contributed by atoms with van der Waals surface area (Å²) in [5.74, 6) is 1.12. The Kier molecular flexibility index (Phi) is 2.83. The minimum atomic E-state index is 0.414. The number of aliphatic imine (C=N–C) groups is 2. The highest BCUT2D eigenvalue weighted by molar-refractivity contribution is 5.78. The lowest BCUT2D eigenvalue weighted by molar-refractivity contribution is 0.226. The lowest BCUT2D eigenvalue weighted by Gasteiger charge is -2.42. The summed E-state index contributed by atoms with van der Waals surface area (Å²) in [5.41, 5.74) is 1.51. The highest BCUT2D eigenvalue weighted by Gasteiger charge is 2.34. The minimum absolute atomic E-state index is 0.414. The number of hydrogen-bond acceptors (Lipinski definition) is 3. The Morgan fingerprint density at radius 2 is 2.47 bits per heavy atom. The number of piperidine rings is 1. The van der Waals surface area contributed by atoms with Crippen LogP contribution in [0.25, 0.3) is 0 Å². The molecule has 0 radical (unpaired) electrons. The summed E-state index contributed by atoms with van der Waals surface area (Å²) in [6, 6.07) is 0.435. The summed E-state index contributed by atoms with van der Waals surface area (Å²) < 4.78 is 0. The van der Waals surface area contributed by atoms with Crippen molar-refractivity contribution < 1.29 is 0 Å². The second-order valence-electron chi connectivity index (χ2n) is 5.11. The molecule has 3 unspecified atom stereocenters. The van der Waals surface area contributed by atoms with Gasteiger partial charge in [0.05, 0.1) is 6.04 Å². The van der Waals surface area contributed by atoms with Crippen molar-refractivity contribution in [2.75, 3.05) is 13.1 Å². The van der Waals surface area contributed by atoms with E-state index in [1.807, 2.05) is 12.3 Å². The van der Waals surface area contributed by atoms with Crippen LogP contribution in [0.3, 0.4) is 0 Å². The highest BCUT2D eigenvalue weighted by Crippen LogP contribution is 2.38. The Bertz CT molecular complexity index is 394. The monoisotopic (exact) mass is 229 g/mol. The van der Waals surface area contributed by atoms with E-state index in [0.29, 0.717) is 17.9 Å². The van der Waals surface area contributed by atoms with Gasteiger partial charge < -0.3 is 4.90 Å². The van der Waals surface area contributed by atoms with Gasteiger partial charge in [-0.05, 0) is 19.3 Å². The summed E-state index contributed by atoms with van der Waals surface area (Å²) in [6.07, 6.45) is 11.9. The van der Waals surface area contributed by atoms with E-state index in [-0.39, 0.29) is 0 Å². The molecule has 0 spiro atoms. The molecule has 3 atom stereocenters. The molecule has 2 aliphatic heterocycles. The molecule has 0 saturated carbocycles. The van der Waals surface area contributed by atoms with Gasteiger partial charge in [0.1, 0.15) is 6.34 Å². The predicted octanol–water partition coefficient (Wildman–Crippen LogP) is 2.27. The van der Waals surface area contributed by atoms with E-state index in [1.54, 1.807) is 6.34 Å². The Labute approximate surface area is 103 Å². The van der Waals surface area contributed by atoms with Gasteiger partial charge in [-0.2, -0.15) is 0 Å². The second kappa shape index (κ2) is 4.47. The number of hydrogen-bond donors (Lipinski definition) is 0. The minimum Gasteiger partial charge on any atom is -0.371 e. The lowest BCUT2D eigenvalue weighted by atomic mass is 9.78. The van der Waals surface area contributed by atoms with Crippen molar-refractivity contribution in [1.82, 2.24) is 4.90 Å². The first kappa shape index (κ1) is 10.8. The molecular formula is C14H19N3. The molecule has 17 heavy (non-hydrogen) atoms. The summed E-state index contributed by atoms with van der Waals surface area (Å²) >= 11 is 0. The lowest BCUT2D eigenvalue weighted by Crippen LogP contribution is -2.40. The van der Waals surface area contributed by atoms with Crippen LogP contribution in [0.4, 0.5) is 0 Å². The normalized spacial score (nSPS) is 34.9. The zero-order chi connectivity index (χ0) is 11.7. The van der Waals surface area contributed by atoms with E-state index in [0.717, 1.165) is 6.54 Å². The van der Waals surface area contributed by atoms with Gasteiger partial charge in [-0.15, -0.1) is 6.58 Å². The third-order valence-corrected chi connectivity index (χ3v) is 4.03. The topological polar surface area (TPSA) is 28.0 Å². The zero-order valence-corrected chi connectivity index (χ0v) is 10.1. The van der Waals surface area contributed by atoms with Gasteiger partial charge >= 0.3 is 0 Å². The van der Waals surface area contributed by atoms with Gasteiger partial charge in [0.2, 0.25) is 0 Å².